The molecule has 0 N–H and O–H groups in total. The Hall–Kier alpha value is -2.28. The van der Waals surface area contributed by atoms with Crippen molar-refractivity contribution in [1.29, 1.82) is 0 Å². The van der Waals surface area contributed by atoms with Crippen molar-refractivity contribution in [3.8, 4) is 27.8 Å². The lowest BCUT2D eigenvalue weighted by atomic mass is 9.65. The van der Waals surface area contributed by atoms with Crippen molar-refractivity contribution in [3.05, 3.63) is 23.2 Å². The standard InChI is InChI=1S/C24H32N2O4S/c1-23(2)10-17-11-24(3,13-23)14-26(17)20(27)9-16-12-31-22(25-16)15-7-18(28-4)21(30-6)19(8-15)29-5/h7-8,12,17H,9-11,13-14H2,1-6H3. The highest BCUT2D eigenvalue weighted by Crippen LogP contribution is 2.52. The van der Waals surface area contributed by atoms with Gasteiger partial charge in [-0.25, -0.2) is 4.98 Å². The van der Waals surface area contributed by atoms with E-state index in [1.807, 2.05) is 17.5 Å². The van der Waals surface area contributed by atoms with Gasteiger partial charge in [0.1, 0.15) is 5.01 Å². The lowest BCUT2D eigenvalue weighted by Crippen LogP contribution is -2.38. The number of ether oxygens (including phenoxy) is 3. The highest BCUT2D eigenvalue weighted by Gasteiger charge is 2.50. The maximum atomic E-state index is 13.2. The van der Waals surface area contributed by atoms with Crippen LogP contribution in [0.4, 0.5) is 0 Å². The normalized spacial score (nSPS) is 24.2. The van der Waals surface area contributed by atoms with Gasteiger partial charge >= 0.3 is 0 Å². The van der Waals surface area contributed by atoms with Gasteiger partial charge in [-0.1, -0.05) is 20.8 Å². The molecule has 2 unspecified atom stereocenters. The first-order chi connectivity index (χ1) is 14.7. The first-order valence-electron chi connectivity index (χ1n) is 10.7. The van der Waals surface area contributed by atoms with E-state index in [1.54, 1.807) is 21.3 Å². The minimum atomic E-state index is 0.188. The third-order valence-corrected chi connectivity index (χ3v) is 7.47. The fourth-order valence-electron chi connectivity index (χ4n) is 5.73. The molecule has 1 saturated carbocycles. The molecule has 31 heavy (non-hydrogen) atoms. The molecule has 168 valence electrons. The zero-order chi connectivity index (χ0) is 22.4. The fourth-order valence-corrected chi connectivity index (χ4v) is 6.54. The predicted molar refractivity (Wildman–Crippen MR) is 122 cm³/mol. The number of hydrogen-bond donors (Lipinski definition) is 0. The molecule has 1 aliphatic carbocycles. The van der Waals surface area contributed by atoms with Crippen LogP contribution >= 0.6 is 11.3 Å². The van der Waals surface area contributed by atoms with Crippen LogP contribution in [0.2, 0.25) is 0 Å². The molecule has 2 heterocycles. The molecule has 0 spiro atoms. The molecule has 1 amide bonds. The molecule has 1 aromatic carbocycles. The molecule has 6 nitrogen and oxygen atoms in total. The molecule has 2 aromatic rings. The topological polar surface area (TPSA) is 60.9 Å². The van der Waals surface area contributed by atoms with Crippen LogP contribution in [0.3, 0.4) is 0 Å². The number of likely N-dealkylation sites (tertiary alicyclic amines) is 1. The molecular weight excluding hydrogens is 412 g/mol. The smallest absolute Gasteiger partial charge is 0.228 e. The summed E-state index contributed by atoms with van der Waals surface area (Å²) in [6.45, 7) is 7.86. The predicted octanol–water partition coefficient (Wildman–Crippen LogP) is 4.81. The molecular formula is C24H32N2O4S. The van der Waals surface area contributed by atoms with Crippen molar-refractivity contribution in [2.45, 2.75) is 52.5 Å². The van der Waals surface area contributed by atoms with Gasteiger partial charge in [-0.3, -0.25) is 4.79 Å². The van der Waals surface area contributed by atoms with E-state index in [4.69, 9.17) is 19.2 Å². The van der Waals surface area contributed by atoms with Crippen molar-refractivity contribution in [1.82, 2.24) is 9.88 Å². The van der Waals surface area contributed by atoms with Gasteiger partial charge in [0.25, 0.3) is 0 Å². The molecule has 1 saturated heterocycles. The first-order valence-corrected chi connectivity index (χ1v) is 11.6. The number of nitrogens with zero attached hydrogens (tertiary/aromatic N) is 2. The van der Waals surface area contributed by atoms with Gasteiger partial charge in [0.05, 0.1) is 33.4 Å². The molecule has 2 atom stereocenters. The quantitative estimate of drug-likeness (QED) is 0.640. The summed E-state index contributed by atoms with van der Waals surface area (Å²) >= 11 is 1.52. The summed E-state index contributed by atoms with van der Waals surface area (Å²) in [6, 6.07) is 4.13. The van der Waals surface area contributed by atoms with Gasteiger partial charge < -0.3 is 19.1 Å². The largest absolute Gasteiger partial charge is 0.493 e. The molecule has 0 radical (unpaired) electrons. The van der Waals surface area contributed by atoms with E-state index in [2.05, 4.69) is 25.7 Å². The number of hydrogen-bond acceptors (Lipinski definition) is 6. The minimum absolute atomic E-state index is 0.188. The molecule has 4 rings (SSSR count). The molecule has 2 aliphatic rings. The van der Waals surface area contributed by atoms with Crippen LogP contribution in [0.15, 0.2) is 17.5 Å². The maximum Gasteiger partial charge on any atom is 0.228 e. The number of methoxy groups -OCH3 is 3. The fraction of sp³-hybridized carbons (Fsp3) is 0.583. The van der Waals surface area contributed by atoms with Crippen molar-refractivity contribution in [2.75, 3.05) is 27.9 Å². The van der Waals surface area contributed by atoms with E-state index >= 15 is 0 Å². The van der Waals surface area contributed by atoms with Crippen LogP contribution < -0.4 is 14.2 Å². The number of amides is 1. The molecule has 2 bridgehead atoms. The Morgan fingerprint density at radius 1 is 1.13 bits per heavy atom. The Balaban J connectivity index is 1.52. The summed E-state index contributed by atoms with van der Waals surface area (Å²) in [6.07, 6.45) is 3.73. The summed E-state index contributed by atoms with van der Waals surface area (Å²) in [7, 11) is 4.78. The second kappa shape index (κ2) is 8.01. The van der Waals surface area contributed by atoms with Crippen LogP contribution in [0, 0.1) is 10.8 Å². The third-order valence-electron chi connectivity index (χ3n) is 6.53. The van der Waals surface area contributed by atoms with Gasteiger partial charge in [-0.05, 0) is 42.2 Å². The minimum Gasteiger partial charge on any atom is -0.493 e. The second-order valence-corrected chi connectivity index (χ2v) is 10.8. The number of thiazole rings is 1. The van der Waals surface area contributed by atoms with Gasteiger partial charge in [0.15, 0.2) is 11.5 Å². The van der Waals surface area contributed by atoms with E-state index in [1.165, 1.54) is 17.8 Å². The van der Waals surface area contributed by atoms with Crippen molar-refractivity contribution in [3.63, 3.8) is 0 Å². The highest BCUT2D eigenvalue weighted by molar-refractivity contribution is 7.13. The van der Waals surface area contributed by atoms with E-state index < -0.39 is 0 Å². The summed E-state index contributed by atoms with van der Waals surface area (Å²) in [5, 5.41) is 2.81. The van der Waals surface area contributed by atoms with Gasteiger partial charge in [-0.15, -0.1) is 11.3 Å². The number of benzene rings is 1. The lowest BCUT2D eigenvalue weighted by Gasteiger charge is -2.39. The zero-order valence-electron chi connectivity index (χ0n) is 19.3. The van der Waals surface area contributed by atoms with Crippen LogP contribution in [-0.4, -0.2) is 49.7 Å². The Bertz CT molecular complexity index is 961. The molecule has 1 aliphatic heterocycles. The monoisotopic (exact) mass is 444 g/mol. The van der Waals surface area contributed by atoms with Gasteiger partial charge in [0, 0.05) is 23.5 Å². The SMILES string of the molecule is COc1cc(-c2nc(CC(=O)N3CC4(C)CC3CC(C)(C)C4)cs2)cc(OC)c1OC. The average molecular weight is 445 g/mol. The maximum absolute atomic E-state index is 13.2. The highest BCUT2D eigenvalue weighted by atomic mass is 32.1. The lowest BCUT2D eigenvalue weighted by molar-refractivity contribution is -0.131. The van der Waals surface area contributed by atoms with E-state index in [9.17, 15) is 4.79 Å². The van der Waals surface area contributed by atoms with E-state index in [-0.39, 0.29) is 11.3 Å². The summed E-state index contributed by atoms with van der Waals surface area (Å²) in [4.78, 5) is 20.0. The summed E-state index contributed by atoms with van der Waals surface area (Å²) < 4.78 is 16.3. The van der Waals surface area contributed by atoms with Crippen LogP contribution in [0.1, 0.15) is 45.7 Å². The van der Waals surface area contributed by atoms with Crippen LogP contribution in [0.25, 0.3) is 10.6 Å². The second-order valence-electron chi connectivity index (χ2n) is 9.97. The summed E-state index contributed by atoms with van der Waals surface area (Å²) in [5.41, 5.74) is 2.23. The van der Waals surface area contributed by atoms with Crippen LogP contribution in [0.5, 0.6) is 17.2 Å². The van der Waals surface area contributed by atoms with Crippen LogP contribution in [-0.2, 0) is 11.2 Å². The Kier molecular flexibility index (Phi) is 5.66. The average Bonchev–Trinajstić information content (AvgIpc) is 3.27. The third kappa shape index (κ3) is 4.25. The number of carbonyl (C=O) groups excluding carboxylic acids is 1. The Morgan fingerprint density at radius 3 is 2.42 bits per heavy atom. The summed E-state index contributed by atoms with van der Waals surface area (Å²) in [5.74, 6) is 1.92. The van der Waals surface area contributed by atoms with Crippen molar-refractivity contribution < 1.29 is 19.0 Å². The molecule has 1 aromatic heterocycles. The Labute approximate surface area is 188 Å². The van der Waals surface area contributed by atoms with E-state index in [0.717, 1.165) is 35.7 Å². The van der Waals surface area contributed by atoms with Crippen molar-refractivity contribution >= 4 is 17.2 Å². The van der Waals surface area contributed by atoms with Gasteiger partial charge in [-0.2, -0.15) is 0 Å². The number of rotatable bonds is 6. The van der Waals surface area contributed by atoms with Crippen molar-refractivity contribution in [2.24, 2.45) is 10.8 Å². The molecule has 2 fully saturated rings. The number of carbonyl (C=O) groups is 1. The number of fused-ring (bicyclic) bond motifs is 2. The van der Waals surface area contributed by atoms with E-state index in [0.29, 0.717) is 35.1 Å². The number of aromatic nitrogens is 1. The Morgan fingerprint density at radius 2 is 1.81 bits per heavy atom. The molecule has 7 heteroatoms. The van der Waals surface area contributed by atoms with Gasteiger partial charge in [0.2, 0.25) is 11.7 Å². The first kappa shape index (κ1) is 21.9. The zero-order valence-corrected chi connectivity index (χ0v) is 20.1.